The van der Waals surface area contributed by atoms with Crippen molar-refractivity contribution in [1.29, 1.82) is 0 Å². The van der Waals surface area contributed by atoms with Gasteiger partial charge in [0.15, 0.2) is 4.80 Å². The third kappa shape index (κ3) is 5.08. The second kappa shape index (κ2) is 9.74. The largest absolute Gasteiger partial charge is 0.497 e. The fourth-order valence-electron chi connectivity index (χ4n) is 3.34. The Kier molecular flexibility index (Phi) is 6.78. The molecule has 170 valence electrons. The third-order valence-electron chi connectivity index (χ3n) is 5.21. The number of thiazole rings is 1. The summed E-state index contributed by atoms with van der Waals surface area (Å²) in [5, 5.41) is 2.06. The van der Waals surface area contributed by atoms with Gasteiger partial charge in [-0.2, -0.15) is 0 Å². The van der Waals surface area contributed by atoms with Crippen molar-refractivity contribution < 1.29 is 13.2 Å². The van der Waals surface area contributed by atoms with Gasteiger partial charge in [0.2, 0.25) is 10.0 Å². The van der Waals surface area contributed by atoms with Crippen LogP contribution >= 0.6 is 11.3 Å². The van der Waals surface area contributed by atoms with Gasteiger partial charge in [-0.25, -0.2) is 17.7 Å². The van der Waals surface area contributed by atoms with E-state index < -0.39 is 10.0 Å². The number of aromatic nitrogens is 1. The quantitative estimate of drug-likeness (QED) is 0.384. The molecule has 33 heavy (non-hydrogen) atoms. The van der Waals surface area contributed by atoms with E-state index in [0.717, 1.165) is 33.1 Å². The highest BCUT2D eigenvalue weighted by molar-refractivity contribution is 7.89. The molecule has 0 N–H and O–H groups in total. The van der Waals surface area contributed by atoms with Crippen LogP contribution in [0.5, 0.6) is 5.75 Å². The van der Waals surface area contributed by atoms with Gasteiger partial charge in [-0.15, -0.1) is 11.3 Å². The van der Waals surface area contributed by atoms with E-state index in [1.807, 2.05) is 54.6 Å². The molecule has 6 nitrogen and oxygen atoms in total. The molecule has 0 fully saturated rings. The summed E-state index contributed by atoms with van der Waals surface area (Å²) in [5.74, 6) is 0.783. The minimum Gasteiger partial charge on any atom is -0.497 e. The lowest BCUT2D eigenvalue weighted by Crippen LogP contribution is -2.22. The van der Waals surface area contributed by atoms with Gasteiger partial charge in [0, 0.05) is 19.5 Å². The molecule has 4 aromatic rings. The van der Waals surface area contributed by atoms with Gasteiger partial charge >= 0.3 is 0 Å². The summed E-state index contributed by atoms with van der Waals surface area (Å²) >= 11 is 1.55. The van der Waals surface area contributed by atoms with Crippen LogP contribution in [-0.4, -0.2) is 38.5 Å². The molecule has 0 unspecified atom stereocenters. The molecule has 0 saturated carbocycles. The van der Waals surface area contributed by atoms with E-state index in [0.29, 0.717) is 6.54 Å². The van der Waals surface area contributed by atoms with E-state index >= 15 is 0 Å². The van der Waals surface area contributed by atoms with Gasteiger partial charge in [-0.1, -0.05) is 42.5 Å². The highest BCUT2D eigenvalue weighted by Gasteiger charge is 2.17. The molecule has 0 aliphatic heterocycles. The standard InChI is InChI=1S/C25H25N3O3S2/c1-27(2)33(29,30)23-15-9-20(10-16-23)24-18-32-25(26-21-11-13-22(31-3)14-12-21)28(24)17-19-7-5-4-6-8-19/h4-16,18H,17H2,1-3H3. The molecule has 1 heterocycles. The van der Waals surface area contributed by atoms with Gasteiger partial charge in [-0.3, -0.25) is 0 Å². The first kappa shape index (κ1) is 23.0. The van der Waals surface area contributed by atoms with Gasteiger partial charge in [-0.05, 0) is 47.5 Å². The smallest absolute Gasteiger partial charge is 0.242 e. The number of hydrogen-bond acceptors (Lipinski definition) is 5. The Morgan fingerprint density at radius 2 is 1.61 bits per heavy atom. The maximum Gasteiger partial charge on any atom is 0.242 e. The van der Waals surface area contributed by atoms with E-state index in [-0.39, 0.29) is 4.90 Å². The monoisotopic (exact) mass is 479 g/mol. The Morgan fingerprint density at radius 1 is 0.939 bits per heavy atom. The molecule has 0 radical (unpaired) electrons. The zero-order valence-electron chi connectivity index (χ0n) is 18.7. The Bertz CT molecular complexity index is 1390. The van der Waals surface area contributed by atoms with Crippen molar-refractivity contribution in [3.05, 3.63) is 94.6 Å². The minimum atomic E-state index is -3.48. The van der Waals surface area contributed by atoms with Crippen LogP contribution in [0.15, 0.2) is 94.1 Å². The highest BCUT2D eigenvalue weighted by Crippen LogP contribution is 2.25. The zero-order chi connectivity index (χ0) is 23.4. The van der Waals surface area contributed by atoms with E-state index in [9.17, 15) is 8.42 Å². The van der Waals surface area contributed by atoms with Gasteiger partial charge < -0.3 is 9.30 Å². The van der Waals surface area contributed by atoms with Crippen molar-refractivity contribution in [2.24, 2.45) is 4.99 Å². The van der Waals surface area contributed by atoms with Crippen molar-refractivity contribution in [1.82, 2.24) is 8.87 Å². The maximum atomic E-state index is 12.4. The fourth-order valence-corrected chi connectivity index (χ4v) is 5.17. The first-order valence-electron chi connectivity index (χ1n) is 10.3. The third-order valence-corrected chi connectivity index (χ3v) is 7.90. The number of sulfonamides is 1. The van der Waals surface area contributed by atoms with Crippen LogP contribution in [0.2, 0.25) is 0 Å². The lowest BCUT2D eigenvalue weighted by molar-refractivity contribution is 0.415. The molecule has 0 amide bonds. The molecule has 0 bridgehead atoms. The Hall–Kier alpha value is -3.20. The number of methoxy groups -OCH3 is 1. The number of nitrogens with zero attached hydrogens (tertiary/aromatic N) is 3. The predicted octanol–water partition coefficient (Wildman–Crippen LogP) is 4.76. The lowest BCUT2D eigenvalue weighted by Gasteiger charge is -2.13. The van der Waals surface area contributed by atoms with Crippen LogP contribution in [0.25, 0.3) is 11.3 Å². The number of rotatable bonds is 7. The van der Waals surface area contributed by atoms with Crippen molar-refractivity contribution in [3.8, 4) is 17.0 Å². The molecule has 4 rings (SSSR count). The second-order valence-corrected chi connectivity index (χ2v) is 10.6. The summed E-state index contributed by atoms with van der Waals surface area (Å²) < 4.78 is 33.5. The van der Waals surface area contributed by atoms with Gasteiger partial charge in [0.25, 0.3) is 0 Å². The average molecular weight is 480 g/mol. The van der Waals surface area contributed by atoms with Crippen LogP contribution in [0.4, 0.5) is 5.69 Å². The average Bonchev–Trinajstić information content (AvgIpc) is 3.22. The predicted molar refractivity (Wildman–Crippen MR) is 132 cm³/mol. The Balaban J connectivity index is 1.79. The summed E-state index contributed by atoms with van der Waals surface area (Å²) in [6, 6.07) is 24.8. The molecular formula is C25H25N3O3S2. The van der Waals surface area contributed by atoms with Crippen LogP contribution in [0.3, 0.4) is 0 Å². The van der Waals surface area contributed by atoms with Gasteiger partial charge in [0.05, 0.1) is 29.9 Å². The molecule has 0 spiro atoms. The molecule has 0 aliphatic rings. The number of ether oxygens (including phenoxy) is 1. The normalized spacial score (nSPS) is 12.3. The molecular weight excluding hydrogens is 454 g/mol. The molecule has 0 saturated heterocycles. The van der Waals surface area contributed by atoms with Crippen LogP contribution in [-0.2, 0) is 16.6 Å². The van der Waals surface area contributed by atoms with E-state index in [2.05, 4.69) is 22.1 Å². The van der Waals surface area contributed by atoms with Crippen molar-refractivity contribution >= 4 is 27.0 Å². The fraction of sp³-hybridized carbons (Fsp3) is 0.160. The lowest BCUT2D eigenvalue weighted by atomic mass is 10.1. The number of hydrogen-bond donors (Lipinski definition) is 0. The van der Waals surface area contributed by atoms with Crippen molar-refractivity contribution in [3.63, 3.8) is 0 Å². The first-order valence-corrected chi connectivity index (χ1v) is 12.6. The Labute approximate surface area is 198 Å². The molecule has 3 aromatic carbocycles. The first-order chi connectivity index (χ1) is 15.9. The van der Waals surface area contributed by atoms with Crippen LogP contribution in [0, 0.1) is 0 Å². The summed E-state index contributed by atoms with van der Waals surface area (Å²) in [7, 11) is 1.23. The van der Waals surface area contributed by atoms with Crippen LogP contribution in [0.1, 0.15) is 5.56 Å². The summed E-state index contributed by atoms with van der Waals surface area (Å²) in [4.78, 5) is 5.98. The van der Waals surface area contributed by atoms with Crippen molar-refractivity contribution in [2.75, 3.05) is 21.2 Å². The van der Waals surface area contributed by atoms with E-state index in [4.69, 9.17) is 9.73 Å². The van der Waals surface area contributed by atoms with E-state index in [1.54, 1.807) is 30.6 Å². The maximum absolute atomic E-state index is 12.4. The second-order valence-electron chi connectivity index (χ2n) is 7.60. The van der Waals surface area contributed by atoms with Gasteiger partial charge in [0.1, 0.15) is 5.75 Å². The summed E-state index contributed by atoms with van der Waals surface area (Å²) in [6.07, 6.45) is 0. The molecule has 0 aliphatic carbocycles. The summed E-state index contributed by atoms with van der Waals surface area (Å²) in [5.41, 5.74) is 3.89. The van der Waals surface area contributed by atoms with E-state index in [1.165, 1.54) is 18.4 Å². The molecule has 0 atom stereocenters. The summed E-state index contributed by atoms with van der Waals surface area (Å²) in [6.45, 7) is 0.645. The van der Waals surface area contributed by atoms with Crippen LogP contribution < -0.4 is 9.54 Å². The van der Waals surface area contributed by atoms with Crippen molar-refractivity contribution in [2.45, 2.75) is 11.4 Å². The molecule has 1 aromatic heterocycles. The minimum absolute atomic E-state index is 0.268. The SMILES string of the molecule is COc1ccc(N=c2scc(-c3ccc(S(=O)(=O)N(C)C)cc3)n2Cc2ccccc2)cc1. The molecule has 8 heteroatoms. The zero-order valence-corrected chi connectivity index (χ0v) is 20.3. The topological polar surface area (TPSA) is 63.9 Å². The Morgan fingerprint density at radius 3 is 2.21 bits per heavy atom. The highest BCUT2D eigenvalue weighted by atomic mass is 32.2. The number of benzene rings is 3.